The van der Waals surface area contributed by atoms with Crippen LogP contribution in [0.3, 0.4) is 0 Å². The average molecular weight is 448 g/mol. The SMILES string of the molecule is COCCn1c(COc2ccccc2-c2ccccc2)nnc1SCCS(C)(=O)=O. The number of aromatic nitrogens is 3. The van der Waals surface area contributed by atoms with Gasteiger partial charge in [0.05, 0.1) is 12.4 Å². The van der Waals surface area contributed by atoms with Gasteiger partial charge >= 0.3 is 0 Å². The number of hydrogen-bond donors (Lipinski definition) is 0. The Morgan fingerprint density at radius 2 is 1.77 bits per heavy atom. The van der Waals surface area contributed by atoms with Crippen LogP contribution in [-0.2, 0) is 27.7 Å². The van der Waals surface area contributed by atoms with Crippen LogP contribution in [0.25, 0.3) is 11.1 Å². The maximum Gasteiger partial charge on any atom is 0.191 e. The lowest BCUT2D eigenvalue weighted by Crippen LogP contribution is -2.12. The summed E-state index contributed by atoms with van der Waals surface area (Å²) in [4.78, 5) is 0. The van der Waals surface area contributed by atoms with Crippen LogP contribution < -0.4 is 4.74 Å². The Morgan fingerprint density at radius 1 is 1.03 bits per heavy atom. The smallest absolute Gasteiger partial charge is 0.191 e. The molecule has 0 atom stereocenters. The van der Waals surface area contributed by atoms with Gasteiger partial charge in [-0.15, -0.1) is 10.2 Å². The van der Waals surface area contributed by atoms with Crippen molar-refractivity contribution in [2.24, 2.45) is 0 Å². The third kappa shape index (κ3) is 6.32. The van der Waals surface area contributed by atoms with Gasteiger partial charge in [-0.3, -0.25) is 0 Å². The molecule has 30 heavy (non-hydrogen) atoms. The van der Waals surface area contributed by atoms with Crippen molar-refractivity contribution in [3.8, 4) is 16.9 Å². The molecule has 1 heterocycles. The minimum absolute atomic E-state index is 0.0884. The molecule has 0 aliphatic rings. The number of para-hydroxylation sites is 1. The number of hydrogen-bond acceptors (Lipinski definition) is 7. The molecule has 2 aromatic carbocycles. The second-order valence-electron chi connectivity index (χ2n) is 6.67. The maximum atomic E-state index is 11.4. The summed E-state index contributed by atoms with van der Waals surface area (Å²) >= 11 is 1.37. The van der Waals surface area contributed by atoms with E-state index in [-0.39, 0.29) is 12.4 Å². The van der Waals surface area contributed by atoms with Crippen LogP contribution in [0.2, 0.25) is 0 Å². The van der Waals surface area contributed by atoms with E-state index in [1.165, 1.54) is 18.0 Å². The van der Waals surface area contributed by atoms with Crippen molar-refractivity contribution in [3.05, 3.63) is 60.4 Å². The number of thioether (sulfide) groups is 1. The zero-order valence-corrected chi connectivity index (χ0v) is 18.7. The van der Waals surface area contributed by atoms with Crippen LogP contribution in [0.5, 0.6) is 5.75 Å². The minimum atomic E-state index is -3.02. The molecule has 1 aromatic heterocycles. The van der Waals surface area contributed by atoms with E-state index >= 15 is 0 Å². The number of methoxy groups -OCH3 is 1. The van der Waals surface area contributed by atoms with Crippen LogP contribution in [0, 0.1) is 0 Å². The van der Waals surface area contributed by atoms with Gasteiger partial charge in [-0.1, -0.05) is 60.3 Å². The van der Waals surface area contributed by atoms with E-state index in [2.05, 4.69) is 10.2 Å². The summed E-state index contributed by atoms with van der Waals surface area (Å²) in [6.45, 7) is 1.29. The highest BCUT2D eigenvalue weighted by molar-refractivity contribution is 8.00. The summed E-state index contributed by atoms with van der Waals surface area (Å²) in [7, 11) is -1.39. The molecule has 0 unspecified atom stereocenters. The van der Waals surface area contributed by atoms with E-state index < -0.39 is 9.84 Å². The summed E-state index contributed by atoms with van der Waals surface area (Å²) < 4.78 is 36.0. The molecule has 9 heteroatoms. The Hall–Kier alpha value is -2.36. The Balaban J connectivity index is 1.75. The van der Waals surface area contributed by atoms with E-state index in [1.807, 2.05) is 59.2 Å². The normalized spacial score (nSPS) is 11.5. The largest absolute Gasteiger partial charge is 0.485 e. The van der Waals surface area contributed by atoms with E-state index in [0.29, 0.717) is 29.9 Å². The summed E-state index contributed by atoms with van der Waals surface area (Å²) in [6, 6.07) is 17.9. The monoisotopic (exact) mass is 447 g/mol. The van der Waals surface area contributed by atoms with Gasteiger partial charge in [-0.05, 0) is 11.6 Å². The summed E-state index contributed by atoms with van der Waals surface area (Å²) in [5.74, 6) is 1.93. The molecule has 0 N–H and O–H groups in total. The van der Waals surface area contributed by atoms with Crippen molar-refractivity contribution >= 4 is 21.6 Å². The lowest BCUT2D eigenvalue weighted by atomic mass is 10.1. The van der Waals surface area contributed by atoms with Gasteiger partial charge in [0.2, 0.25) is 0 Å². The van der Waals surface area contributed by atoms with Crippen LogP contribution in [-0.4, -0.2) is 54.7 Å². The highest BCUT2D eigenvalue weighted by atomic mass is 32.2. The predicted molar refractivity (Wildman–Crippen MR) is 119 cm³/mol. The fourth-order valence-corrected chi connectivity index (χ4v) is 4.99. The fraction of sp³-hybridized carbons (Fsp3) is 0.333. The first-order valence-corrected chi connectivity index (χ1v) is 12.5. The number of benzene rings is 2. The topological polar surface area (TPSA) is 83.3 Å². The van der Waals surface area contributed by atoms with Crippen molar-refractivity contribution in [2.75, 3.05) is 31.5 Å². The van der Waals surface area contributed by atoms with Crippen molar-refractivity contribution in [2.45, 2.75) is 18.3 Å². The molecule has 0 amide bonds. The highest BCUT2D eigenvalue weighted by Crippen LogP contribution is 2.30. The summed E-state index contributed by atoms with van der Waals surface area (Å²) in [5.41, 5.74) is 2.08. The second-order valence-corrected chi connectivity index (χ2v) is 9.99. The van der Waals surface area contributed by atoms with Crippen LogP contribution >= 0.6 is 11.8 Å². The molecule has 3 aromatic rings. The number of sulfone groups is 1. The number of rotatable bonds is 11. The first-order valence-electron chi connectivity index (χ1n) is 9.47. The Kier molecular flexibility index (Phi) is 7.89. The molecule has 160 valence electrons. The first-order chi connectivity index (χ1) is 14.5. The minimum Gasteiger partial charge on any atom is -0.485 e. The van der Waals surface area contributed by atoms with Crippen molar-refractivity contribution in [1.29, 1.82) is 0 Å². The number of nitrogens with zero attached hydrogens (tertiary/aromatic N) is 3. The summed E-state index contributed by atoms with van der Waals surface area (Å²) in [5, 5.41) is 9.15. The fourth-order valence-electron chi connectivity index (χ4n) is 2.82. The summed E-state index contributed by atoms with van der Waals surface area (Å²) in [6.07, 6.45) is 1.23. The molecule has 0 bridgehead atoms. The van der Waals surface area contributed by atoms with Gasteiger partial charge in [0, 0.05) is 31.2 Å². The predicted octanol–water partition coefficient (Wildman–Crippen LogP) is 3.31. The van der Waals surface area contributed by atoms with Gasteiger partial charge < -0.3 is 14.0 Å². The number of ether oxygens (including phenoxy) is 2. The third-order valence-electron chi connectivity index (χ3n) is 4.33. The molecule has 3 rings (SSSR count). The average Bonchev–Trinajstić information content (AvgIpc) is 3.12. The second kappa shape index (κ2) is 10.6. The molecule has 0 radical (unpaired) electrons. The Labute approximate surface area is 181 Å². The van der Waals surface area contributed by atoms with Gasteiger partial charge in [0.1, 0.15) is 22.2 Å². The first kappa shape index (κ1) is 22.3. The lowest BCUT2D eigenvalue weighted by molar-refractivity contribution is 0.181. The Bertz CT molecular complexity index is 1050. The third-order valence-corrected chi connectivity index (χ3v) is 6.50. The van der Waals surface area contributed by atoms with Crippen molar-refractivity contribution < 1.29 is 17.9 Å². The molecule has 0 aliphatic heterocycles. The quantitative estimate of drug-likeness (QED) is 0.417. The van der Waals surface area contributed by atoms with Crippen LogP contribution in [0.1, 0.15) is 5.82 Å². The van der Waals surface area contributed by atoms with E-state index in [4.69, 9.17) is 9.47 Å². The van der Waals surface area contributed by atoms with Gasteiger partial charge in [-0.25, -0.2) is 8.42 Å². The highest BCUT2D eigenvalue weighted by Gasteiger charge is 2.15. The molecule has 0 aliphatic carbocycles. The van der Waals surface area contributed by atoms with Gasteiger partial charge in [0.25, 0.3) is 0 Å². The van der Waals surface area contributed by atoms with E-state index in [1.54, 1.807) is 7.11 Å². The Morgan fingerprint density at radius 3 is 2.50 bits per heavy atom. The zero-order chi connectivity index (χ0) is 21.4. The van der Waals surface area contributed by atoms with Crippen molar-refractivity contribution in [3.63, 3.8) is 0 Å². The molecule has 7 nitrogen and oxygen atoms in total. The molecule has 0 spiro atoms. The molecule has 0 fully saturated rings. The van der Waals surface area contributed by atoms with Crippen molar-refractivity contribution in [1.82, 2.24) is 14.8 Å². The van der Waals surface area contributed by atoms with Gasteiger partial charge in [0.15, 0.2) is 11.0 Å². The van der Waals surface area contributed by atoms with E-state index in [0.717, 1.165) is 16.9 Å². The molecular formula is C21H25N3O4S2. The van der Waals surface area contributed by atoms with Gasteiger partial charge in [-0.2, -0.15) is 0 Å². The van der Waals surface area contributed by atoms with E-state index in [9.17, 15) is 8.42 Å². The van der Waals surface area contributed by atoms with Crippen LogP contribution in [0.15, 0.2) is 59.8 Å². The lowest BCUT2D eigenvalue weighted by Gasteiger charge is -2.13. The molecule has 0 saturated heterocycles. The standard InChI is InChI=1S/C21H25N3O4S2/c1-27-13-12-24-20(22-23-21(24)29-14-15-30(2,25)26)16-28-19-11-7-6-10-18(19)17-8-4-3-5-9-17/h3-11H,12-16H2,1-2H3. The zero-order valence-electron chi connectivity index (χ0n) is 17.0. The molecular weight excluding hydrogens is 422 g/mol. The molecule has 0 saturated carbocycles. The maximum absolute atomic E-state index is 11.4. The van der Waals surface area contributed by atoms with Crippen LogP contribution in [0.4, 0.5) is 0 Å².